The Morgan fingerprint density at radius 3 is 2.90 bits per heavy atom. The number of fused-ring (bicyclic) bond motifs is 1. The predicted molar refractivity (Wildman–Crippen MR) is 82.8 cm³/mol. The smallest absolute Gasteiger partial charge is 0.262 e. The Labute approximate surface area is 126 Å². The molecule has 6 nitrogen and oxygen atoms in total. The van der Waals surface area contributed by atoms with Gasteiger partial charge in [-0.25, -0.2) is 13.4 Å². The standard InChI is InChI=1S/C11H16N4O2S3/c1-11(2)7-14(3-6-19-11)20(16,17)9-8(12)13-10-15(9)4-5-18-10/h4-5H,3,6-7,12H2,1-2H3. The van der Waals surface area contributed by atoms with E-state index >= 15 is 0 Å². The number of aromatic nitrogens is 2. The number of hydrogen-bond donors (Lipinski definition) is 1. The molecule has 0 aliphatic carbocycles. The van der Waals surface area contributed by atoms with Crippen LogP contribution in [0, 0.1) is 0 Å². The maximum absolute atomic E-state index is 12.8. The largest absolute Gasteiger partial charge is 0.381 e. The Balaban J connectivity index is 2.08. The molecule has 0 aromatic carbocycles. The summed E-state index contributed by atoms with van der Waals surface area (Å²) in [5.74, 6) is 0.866. The van der Waals surface area contributed by atoms with Crippen LogP contribution < -0.4 is 5.73 Å². The highest BCUT2D eigenvalue weighted by Gasteiger charge is 2.37. The molecule has 0 bridgehead atoms. The molecule has 1 saturated heterocycles. The fourth-order valence-electron chi connectivity index (χ4n) is 2.34. The summed E-state index contributed by atoms with van der Waals surface area (Å²) in [7, 11) is -3.61. The van der Waals surface area contributed by atoms with E-state index in [-0.39, 0.29) is 15.6 Å². The summed E-state index contributed by atoms with van der Waals surface area (Å²) >= 11 is 3.16. The SMILES string of the molecule is CC1(C)CN(S(=O)(=O)c2c(N)nc3sccn23)CCS1. The quantitative estimate of drug-likeness (QED) is 0.901. The maximum Gasteiger partial charge on any atom is 0.262 e. The van der Waals surface area contributed by atoms with E-state index < -0.39 is 10.0 Å². The molecule has 1 aliphatic heterocycles. The molecule has 0 unspecified atom stereocenters. The number of nitrogens with two attached hydrogens (primary N) is 1. The van der Waals surface area contributed by atoms with Gasteiger partial charge in [-0.05, 0) is 13.8 Å². The molecular weight excluding hydrogens is 316 g/mol. The zero-order chi connectivity index (χ0) is 14.5. The molecule has 2 aromatic heterocycles. The van der Waals surface area contributed by atoms with E-state index in [0.29, 0.717) is 18.1 Å². The van der Waals surface area contributed by atoms with Crippen molar-refractivity contribution in [3.63, 3.8) is 0 Å². The number of sulfonamides is 1. The van der Waals surface area contributed by atoms with Gasteiger partial charge in [0.2, 0.25) is 0 Å². The van der Waals surface area contributed by atoms with Crippen molar-refractivity contribution in [3.05, 3.63) is 11.6 Å². The van der Waals surface area contributed by atoms with Gasteiger partial charge in [0.25, 0.3) is 10.0 Å². The lowest BCUT2D eigenvalue weighted by Gasteiger charge is -2.36. The molecule has 1 aliphatic rings. The predicted octanol–water partition coefficient (Wildman–Crippen LogP) is 1.49. The Bertz CT molecular complexity index is 747. The molecule has 1 fully saturated rings. The van der Waals surface area contributed by atoms with Crippen molar-refractivity contribution in [2.45, 2.75) is 23.6 Å². The van der Waals surface area contributed by atoms with Crippen LogP contribution in [0.2, 0.25) is 0 Å². The van der Waals surface area contributed by atoms with Crippen LogP contribution in [0.25, 0.3) is 4.96 Å². The van der Waals surface area contributed by atoms with Gasteiger partial charge >= 0.3 is 0 Å². The average Bonchev–Trinajstić information content (AvgIpc) is 2.86. The lowest BCUT2D eigenvalue weighted by Crippen LogP contribution is -2.46. The first-order valence-electron chi connectivity index (χ1n) is 6.16. The summed E-state index contributed by atoms with van der Waals surface area (Å²) in [6, 6.07) is 0. The lowest BCUT2D eigenvalue weighted by atomic mass is 10.2. The Morgan fingerprint density at radius 1 is 1.45 bits per heavy atom. The monoisotopic (exact) mass is 332 g/mol. The molecule has 110 valence electrons. The summed E-state index contributed by atoms with van der Waals surface area (Å²) in [4.78, 5) is 4.72. The molecule has 3 heterocycles. The molecule has 0 radical (unpaired) electrons. The summed E-state index contributed by atoms with van der Waals surface area (Å²) in [5, 5.41) is 1.90. The van der Waals surface area contributed by atoms with Gasteiger partial charge in [-0.3, -0.25) is 4.40 Å². The maximum atomic E-state index is 12.8. The van der Waals surface area contributed by atoms with Gasteiger partial charge in [0.15, 0.2) is 15.8 Å². The molecular formula is C11H16N4O2S3. The molecule has 9 heteroatoms. The molecule has 20 heavy (non-hydrogen) atoms. The molecule has 0 atom stereocenters. The number of nitrogens with zero attached hydrogens (tertiary/aromatic N) is 3. The molecule has 0 saturated carbocycles. The fraction of sp³-hybridized carbons (Fsp3) is 0.545. The number of imidazole rings is 1. The number of hydrogen-bond acceptors (Lipinski definition) is 6. The number of thiazole rings is 1. The first kappa shape index (κ1) is 14.2. The second-order valence-electron chi connectivity index (χ2n) is 5.30. The van der Waals surface area contributed by atoms with Crippen molar-refractivity contribution in [1.82, 2.24) is 13.7 Å². The Morgan fingerprint density at radius 2 is 2.20 bits per heavy atom. The normalized spacial score (nSPS) is 20.5. The van der Waals surface area contributed by atoms with E-state index in [1.165, 1.54) is 15.6 Å². The second-order valence-corrected chi connectivity index (χ2v) is 9.83. The van der Waals surface area contributed by atoms with Crippen LogP contribution in [0.4, 0.5) is 5.82 Å². The van der Waals surface area contributed by atoms with Gasteiger partial charge in [-0.1, -0.05) is 0 Å². The second kappa shape index (κ2) is 4.62. The Kier molecular flexibility index (Phi) is 3.27. The average molecular weight is 332 g/mol. The van der Waals surface area contributed by atoms with Gasteiger partial charge in [0.1, 0.15) is 0 Å². The third kappa shape index (κ3) is 2.22. The Hall–Kier alpha value is -0.770. The highest BCUT2D eigenvalue weighted by atomic mass is 32.2. The van der Waals surface area contributed by atoms with Crippen molar-refractivity contribution in [2.24, 2.45) is 0 Å². The molecule has 2 N–H and O–H groups in total. The van der Waals surface area contributed by atoms with E-state index in [1.54, 1.807) is 27.7 Å². The van der Waals surface area contributed by atoms with Gasteiger partial charge in [0.05, 0.1) is 0 Å². The summed E-state index contributed by atoms with van der Waals surface area (Å²) in [5.41, 5.74) is 5.82. The highest BCUT2D eigenvalue weighted by Crippen LogP contribution is 2.34. The number of thioether (sulfide) groups is 1. The van der Waals surface area contributed by atoms with Crippen LogP contribution in [-0.4, -0.2) is 45.7 Å². The summed E-state index contributed by atoms with van der Waals surface area (Å²) in [6.07, 6.45) is 1.69. The van der Waals surface area contributed by atoms with Crippen molar-refractivity contribution in [1.29, 1.82) is 0 Å². The van der Waals surface area contributed by atoms with Crippen LogP contribution >= 0.6 is 23.1 Å². The fourth-order valence-corrected chi connectivity index (χ4v) is 6.20. The minimum Gasteiger partial charge on any atom is -0.381 e. The first-order chi connectivity index (χ1) is 9.31. The summed E-state index contributed by atoms with van der Waals surface area (Å²) < 4.78 is 28.7. The van der Waals surface area contributed by atoms with Gasteiger partial charge < -0.3 is 5.73 Å². The number of rotatable bonds is 2. The third-order valence-corrected chi connectivity index (χ3v) is 7.16. The molecule has 2 aromatic rings. The van der Waals surface area contributed by atoms with Crippen LogP contribution in [0.3, 0.4) is 0 Å². The van der Waals surface area contributed by atoms with Crippen LogP contribution in [0.5, 0.6) is 0 Å². The molecule has 0 amide bonds. The van der Waals surface area contributed by atoms with E-state index in [0.717, 1.165) is 5.75 Å². The minimum absolute atomic E-state index is 0.0767. The molecule has 0 spiro atoms. The van der Waals surface area contributed by atoms with Crippen molar-refractivity contribution in [3.8, 4) is 0 Å². The number of nitrogen functional groups attached to an aromatic ring is 1. The van der Waals surface area contributed by atoms with E-state index in [2.05, 4.69) is 18.8 Å². The van der Waals surface area contributed by atoms with Gasteiger partial charge in [-0.15, -0.1) is 11.3 Å². The van der Waals surface area contributed by atoms with Crippen molar-refractivity contribution in [2.75, 3.05) is 24.6 Å². The lowest BCUT2D eigenvalue weighted by molar-refractivity contribution is 0.386. The number of anilines is 1. The van der Waals surface area contributed by atoms with Crippen molar-refractivity contribution >= 4 is 43.9 Å². The van der Waals surface area contributed by atoms with Crippen LogP contribution in [-0.2, 0) is 10.0 Å². The topological polar surface area (TPSA) is 80.7 Å². The first-order valence-corrected chi connectivity index (χ1v) is 9.47. The van der Waals surface area contributed by atoms with E-state index in [4.69, 9.17) is 5.73 Å². The van der Waals surface area contributed by atoms with E-state index in [1.807, 2.05) is 0 Å². The van der Waals surface area contributed by atoms with Gasteiger partial charge in [-0.2, -0.15) is 16.1 Å². The highest BCUT2D eigenvalue weighted by molar-refractivity contribution is 8.00. The molecule has 3 rings (SSSR count). The van der Waals surface area contributed by atoms with Crippen LogP contribution in [0.15, 0.2) is 16.6 Å². The minimum atomic E-state index is -3.61. The van der Waals surface area contributed by atoms with Crippen molar-refractivity contribution < 1.29 is 8.42 Å². The zero-order valence-corrected chi connectivity index (χ0v) is 13.7. The van der Waals surface area contributed by atoms with E-state index in [9.17, 15) is 8.42 Å². The van der Waals surface area contributed by atoms with Gasteiger partial charge in [0, 0.05) is 35.2 Å². The zero-order valence-electron chi connectivity index (χ0n) is 11.2. The summed E-state index contributed by atoms with van der Waals surface area (Å²) in [6.45, 7) is 5.10. The van der Waals surface area contributed by atoms with Crippen LogP contribution in [0.1, 0.15) is 13.8 Å². The third-order valence-electron chi connectivity index (χ3n) is 3.22.